The van der Waals surface area contributed by atoms with Gasteiger partial charge in [-0.2, -0.15) is 4.98 Å². The number of anilines is 2. The Morgan fingerprint density at radius 3 is 2.42 bits per heavy atom. The van der Waals surface area contributed by atoms with Crippen LogP contribution in [0, 0.1) is 6.92 Å². The van der Waals surface area contributed by atoms with Crippen LogP contribution in [0.1, 0.15) is 58.6 Å². The topological polar surface area (TPSA) is 98.0 Å². The number of fused-ring (bicyclic) bond motifs is 1. The van der Waals surface area contributed by atoms with E-state index in [1.54, 1.807) is 0 Å². The fraction of sp³-hybridized carbons (Fsp3) is 0.556. The summed E-state index contributed by atoms with van der Waals surface area (Å²) in [4.78, 5) is 14.1. The third kappa shape index (κ3) is 6.44. The molecule has 9 nitrogen and oxygen atoms in total. The van der Waals surface area contributed by atoms with Crippen molar-refractivity contribution in [1.82, 2.24) is 19.6 Å². The minimum atomic E-state index is -2.12. The number of aromatic nitrogens is 4. The molecular weight excluding hydrogens is 492 g/mol. The fourth-order valence-electron chi connectivity index (χ4n) is 4.70. The SMILES string of the molecule is CCC(F)F.CNc1nc(NC2CCC3(CC2)OCCO3)nn2ccc(-c3ccc(N=C(C)C)c(C)n3)c12. The molecule has 3 aromatic rings. The second-order valence-corrected chi connectivity index (χ2v) is 9.74. The first-order valence-corrected chi connectivity index (χ1v) is 13.1. The molecule has 0 bridgehead atoms. The van der Waals surface area contributed by atoms with Gasteiger partial charge in [0, 0.05) is 49.8 Å². The molecule has 4 heterocycles. The number of rotatable bonds is 6. The molecule has 5 rings (SSSR count). The Bertz CT molecular complexity index is 1260. The summed E-state index contributed by atoms with van der Waals surface area (Å²) in [5.41, 5.74) is 5.54. The molecule has 2 fully saturated rings. The van der Waals surface area contributed by atoms with Crippen LogP contribution in [-0.4, -0.2) is 63.8 Å². The number of hydrogen-bond donors (Lipinski definition) is 2. The van der Waals surface area contributed by atoms with Crippen LogP contribution < -0.4 is 10.6 Å². The van der Waals surface area contributed by atoms with E-state index >= 15 is 0 Å². The predicted octanol–water partition coefficient (Wildman–Crippen LogP) is 6.01. The van der Waals surface area contributed by atoms with E-state index in [1.807, 2.05) is 56.7 Å². The Morgan fingerprint density at radius 2 is 1.84 bits per heavy atom. The van der Waals surface area contributed by atoms with Crippen molar-refractivity contribution in [2.24, 2.45) is 4.99 Å². The lowest BCUT2D eigenvalue weighted by Crippen LogP contribution is -2.39. The van der Waals surface area contributed by atoms with Crippen molar-refractivity contribution in [3.63, 3.8) is 0 Å². The summed E-state index contributed by atoms with van der Waals surface area (Å²) in [6.45, 7) is 8.79. The van der Waals surface area contributed by atoms with Gasteiger partial charge in [0.2, 0.25) is 12.4 Å². The van der Waals surface area contributed by atoms with Gasteiger partial charge in [0.15, 0.2) is 11.6 Å². The van der Waals surface area contributed by atoms with Gasteiger partial charge in [-0.1, -0.05) is 6.92 Å². The molecule has 3 aromatic heterocycles. The van der Waals surface area contributed by atoms with Crippen molar-refractivity contribution >= 4 is 28.7 Å². The molecule has 1 aliphatic heterocycles. The highest BCUT2D eigenvalue weighted by molar-refractivity contribution is 5.88. The highest BCUT2D eigenvalue weighted by atomic mass is 19.3. The van der Waals surface area contributed by atoms with Crippen LogP contribution in [0.5, 0.6) is 0 Å². The molecule has 2 N–H and O–H groups in total. The second kappa shape index (κ2) is 12.1. The van der Waals surface area contributed by atoms with Crippen LogP contribution in [0.3, 0.4) is 0 Å². The van der Waals surface area contributed by atoms with E-state index in [1.165, 1.54) is 6.92 Å². The summed E-state index contributed by atoms with van der Waals surface area (Å²) in [5.74, 6) is 1.000. The van der Waals surface area contributed by atoms with Gasteiger partial charge in [-0.05, 0) is 51.8 Å². The van der Waals surface area contributed by atoms with Gasteiger partial charge in [-0.3, -0.25) is 9.98 Å². The molecule has 1 saturated heterocycles. The molecule has 0 atom stereocenters. The standard InChI is InChI=1S/C24H31N7O2.C3H6F2/c1-15(2)26-19-5-6-20(27-16(19)3)18-9-12-31-21(18)22(25-4)29-23(30-31)28-17-7-10-24(11-8-17)32-13-14-33-24;1-2-3(4)5/h5-6,9,12,17H,7-8,10-11,13-14H2,1-4H3,(H2,25,28,29,30);3H,2H2,1H3. The monoisotopic (exact) mass is 529 g/mol. The number of hydrogen-bond acceptors (Lipinski definition) is 8. The molecule has 0 aromatic carbocycles. The molecule has 0 radical (unpaired) electrons. The van der Waals surface area contributed by atoms with E-state index in [0.717, 1.165) is 65.4 Å². The second-order valence-electron chi connectivity index (χ2n) is 9.74. The molecule has 2 aliphatic rings. The van der Waals surface area contributed by atoms with Gasteiger partial charge in [0.25, 0.3) is 0 Å². The van der Waals surface area contributed by atoms with Crippen LogP contribution in [0.4, 0.5) is 26.2 Å². The van der Waals surface area contributed by atoms with E-state index in [-0.39, 0.29) is 12.2 Å². The Labute approximate surface area is 222 Å². The third-order valence-corrected chi connectivity index (χ3v) is 6.63. The van der Waals surface area contributed by atoms with Gasteiger partial charge < -0.3 is 20.1 Å². The molecule has 11 heteroatoms. The van der Waals surface area contributed by atoms with E-state index in [2.05, 4.69) is 15.6 Å². The summed E-state index contributed by atoms with van der Waals surface area (Å²) in [7, 11) is 1.88. The van der Waals surface area contributed by atoms with Crippen LogP contribution in [0.2, 0.25) is 0 Å². The lowest BCUT2D eigenvalue weighted by atomic mass is 9.90. The smallest absolute Gasteiger partial charge is 0.243 e. The first kappa shape index (κ1) is 27.8. The Hall–Kier alpha value is -3.18. The van der Waals surface area contributed by atoms with Gasteiger partial charge >= 0.3 is 0 Å². The molecule has 1 aliphatic carbocycles. The molecule has 1 spiro atoms. The summed E-state index contributed by atoms with van der Waals surface area (Å²) >= 11 is 0. The number of halogens is 2. The lowest BCUT2D eigenvalue weighted by molar-refractivity contribution is -0.177. The molecule has 1 saturated carbocycles. The van der Waals surface area contributed by atoms with Crippen molar-refractivity contribution in [2.45, 2.75) is 78.1 Å². The number of nitrogens with one attached hydrogen (secondary N) is 2. The summed E-state index contributed by atoms with van der Waals surface area (Å²) in [5, 5.41) is 11.5. The zero-order chi connectivity index (χ0) is 27.3. The van der Waals surface area contributed by atoms with Crippen molar-refractivity contribution in [3.8, 4) is 11.3 Å². The average Bonchev–Trinajstić information content (AvgIpc) is 3.54. The Kier molecular flexibility index (Phi) is 8.88. The van der Waals surface area contributed by atoms with Crippen LogP contribution in [0.15, 0.2) is 29.4 Å². The third-order valence-electron chi connectivity index (χ3n) is 6.63. The number of aryl methyl sites for hydroxylation is 1. The largest absolute Gasteiger partial charge is 0.371 e. The van der Waals surface area contributed by atoms with E-state index < -0.39 is 6.43 Å². The highest BCUT2D eigenvalue weighted by Gasteiger charge is 2.40. The normalized spacial score (nSPS) is 16.9. The Balaban J connectivity index is 0.000000617. The number of nitrogens with zero attached hydrogens (tertiary/aromatic N) is 5. The van der Waals surface area contributed by atoms with Crippen molar-refractivity contribution < 1.29 is 18.3 Å². The number of aliphatic imine (C=N–C) groups is 1. The van der Waals surface area contributed by atoms with Gasteiger partial charge in [-0.15, -0.1) is 5.10 Å². The van der Waals surface area contributed by atoms with Crippen molar-refractivity contribution in [1.29, 1.82) is 0 Å². The molecular formula is C27H37F2N7O2. The van der Waals surface area contributed by atoms with Crippen LogP contribution in [0.25, 0.3) is 16.8 Å². The number of ether oxygens (including phenoxy) is 2. The van der Waals surface area contributed by atoms with Crippen molar-refractivity contribution in [2.75, 3.05) is 30.9 Å². The van der Waals surface area contributed by atoms with Gasteiger partial charge in [-0.25, -0.2) is 13.3 Å². The molecule has 38 heavy (non-hydrogen) atoms. The minimum Gasteiger partial charge on any atom is -0.371 e. The van der Waals surface area contributed by atoms with Crippen molar-refractivity contribution in [3.05, 3.63) is 30.1 Å². The number of alkyl halides is 2. The van der Waals surface area contributed by atoms with E-state index in [4.69, 9.17) is 24.5 Å². The zero-order valence-corrected chi connectivity index (χ0v) is 22.7. The summed E-state index contributed by atoms with van der Waals surface area (Å²) in [6.07, 6.45) is 3.51. The maximum Gasteiger partial charge on any atom is 0.243 e. The van der Waals surface area contributed by atoms with E-state index in [0.29, 0.717) is 25.2 Å². The van der Waals surface area contributed by atoms with Crippen LogP contribution in [-0.2, 0) is 9.47 Å². The lowest BCUT2D eigenvalue weighted by Gasteiger charge is -2.35. The van der Waals surface area contributed by atoms with Crippen LogP contribution >= 0.6 is 0 Å². The minimum absolute atomic E-state index is 0.0278. The quantitative estimate of drug-likeness (QED) is 0.377. The molecule has 0 unspecified atom stereocenters. The highest BCUT2D eigenvalue weighted by Crippen LogP contribution is 2.37. The average molecular weight is 530 g/mol. The fourth-order valence-corrected chi connectivity index (χ4v) is 4.70. The predicted molar refractivity (Wildman–Crippen MR) is 146 cm³/mol. The first-order chi connectivity index (χ1) is 18.2. The van der Waals surface area contributed by atoms with E-state index in [9.17, 15) is 8.78 Å². The number of pyridine rings is 1. The summed E-state index contributed by atoms with van der Waals surface area (Å²) in [6, 6.07) is 6.34. The zero-order valence-electron chi connectivity index (χ0n) is 22.7. The Morgan fingerprint density at radius 1 is 1.16 bits per heavy atom. The van der Waals surface area contributed by atoms with Gasteiger partial charge in [0.05, 0.1) is 30.3 Å². The maximum absolute atomic E-state index is 10.8. The molecule has 206 valence electrons. The maximum atomic E-state index is 10.8. The summed E-state index contributed by atoms with van der Waals surface area (Å²) < 4.78 is 35.1. The first-order valence-electron chi connectivity index (χ1n) is 13.1. The van der Waals surface area contributed by atoms with Gasteiger partial charge in [0.1, 0.15) is 5.52 Å². The molecule has 0 amide bonds.